The van der Waals surface area contributed by atoms with Crippen LogP contribution < -0.4 is 4.90 Å². The van der Waals surface area contributed by atoms with E-state index in [0.717, 1.165) is 39.1 Å². The second-order valence-electron chi connectivity index (χ2n) is 6.27. The number of piperazine rings is 1. The predicted molar refractivity (Wildman–Crippen MR) is 97.1 cm³/mol. The molecule has 1 fully saturated rings. The number of anilines is 1. The summed E-state index contributed by atoms with van der Waals surface area (Å²) in [5, 5.41) is 1.37. The van der Waals surface area contributed by atoms with Crippen LogP contribution in [0.5, 0.6) is 0 Å². The predicted octanol–water partition coefficient (Wildman–Crippen LogP) is 3.53. The average molecular weight is 305 g/mol. The first-order chi connectivity index (χ1) is 11.4. The molecule has 4 rings (SSSR count). The molecule has 0 amide bonds. The molecule has 23 heavy (non-hydrogen) atoms. The van der Waals surface area contributed by atoms with Crippen molar-refractivity contribution in [2.24, 2.45) is 0 Å². The molecular formula is C20H23N3. The van der Waals surface area contributed by atoms with Gasteiger partial charge < -0.3 is 9.88 Å². The van der Waals surface area contributed by atoms with Gasteiger partial charge in [-0.15, -0.1) is 0 Å². The van der Waals surface area contributed by atoms with Gasteiger partial charge in [-0.1, -0.05) is 36.4 Å². The summed E-state index contributed by atoms with van der Waals surface area (Å²) in [5.41, 5.74) is 4.03. The molecule has 0 atom stereocenters. The minimum atomic E-state index is 1.12. The van der Waals surface area contributed by atoms with Crippen LogP contribution in [0.2, 0.25) is 0 Å². The van der Waals surface area contributed by atoms with Gasteiger partial charge >= 0.3 is 0 Å². The zero-order valence-electron chi connectivity index (χ0n) is 13.4. The highest BCUT2D eigenvalue weighted by Gasteiger charge is 2.17. The van der Waals surface area contributed by atoms with Crippen LogP contribution in [0.3, 0.4) is 0 Å². The summed E-state index contributed by atoms with van der Waals surface area (Å²) in [6, 6.07) is 19.3. The Morgan fingerprint density at radius 1 is 0.826 bits per heavy atom. The fourth-order valence-electron chi connectivity index (χ4n) is 3.49. The molecule has 0 spiro atoms. The van der Waals surface area contributed by atoms with E-state index in [0.29, 0.717) is 0 Å². The Balaban J connectivity index is 1.33. The zero-order chi connectivity index (χ0) is 15.5. The van der Waals surface area contributed by atoms with Crippen LogP contribution in [0.1, 0.15) is 5.56 Å². The number of para-hydroxylation sites is 2. The van der Waals surface area contributed by atoms with Crippen molar-refractivity contribution in [3.05, 3.63) is 66.4 Å². The van der Waals surface area contributed by atoms with Gasteiger partial charge in [0.1, 0.15) is 0 Å². The Hall–Kier alpha value is -2.26. The smallest absolute Gasteiger partial charge is 0.0456 e. The molecule has 0 radical (unpaired) electrons. The highest BCUT2D eigenvalue weighted by molar-refractivity contribution is 5.83. The van der Waals surface area contributed by atoms with E-state index in [-0.39, 0.29) is 0 Å². The number of nitrogens with one attached hydrogen (secondary N) is 1. The van der Waals surface area contributed by atoms with E-state index >= 15 is 0 Å². The van der Waals surface area contributed by atoms with E-state index in [4.69, 9.17) is 0 Å². The maximum atomic E-state index is 3.38. The molecule has 0 aliphatic carbocycles. The first-order valence-corrected chi connectivity index (χ1v) is 8.47. The van der Waals surface area contributed by atoms with Crippen molar-refractivity contribution < 1.29 is 0 Å². The topological polar surface area (TPSA) is 22.3 Å². The molecule has 3 heteroatoms. The molecule has 3 nitrogen and oxygen atoms in total. The lowest BCUT2D eigenvalue weighted by atomic mass is 10.1. The number of hydrogen-bond acceptors (Lipinski definition) is 2. The molecule has 1 saturated heterocycles. The number of rotatable bonds is 4. The van der Waals surface area contributed by atoms with Crippen LogP contribution in [-0.4, -0.2) is 42.6 Å². The minimum Gasteiger partial charge on any atom is -0.369 e. The number of H-pyrrole nitrogens is 1. The molecule has 1 aliphatic rings. The van der Waals surface area contributed by atoms with E-state index < -0.39 is 0 Å². The molecule has 3 aromatic rings. The Kier molecular flexibility index (Phi) is 4.03. The molecule has 0 bridgehead atoms. The number of benzene rings is 2. The zero-order valence-corrected chi connectivity index (χ0v) is 13.4. The van der Waals surface area contributed by atoms with Crippen molar-refractivity contribution in [1.82, 2.24) is 9.88 Å². The van der Waals surface area contributed by atoms with Crippen molar-refractivity contribution in [3.63, 3.8) is 0 Å². The Labute approximate surface area is 137 Å². The van der Waals surface area contributed by atoms with Gasteiger partial charge in [0.2, 0.25) is 0 Å². The van der Waals surface area contributed by atoms with Gasteiger partial charge in [-0.05, 0) is 30.2 Å². The molecule has 118 valence electrons. The molecule has 2 aromatic carbocycles. The summed E-state index contributed by atoms with van der Waals surface area (Å²) in [7, 11) is 0. The van der Waals surface area contributed by atoms with Crippen molar-refractivity contribution >= 4 is 16.6 Å². The Morgan fingerprint density at radius 3 is 2.39 bits per heavy atom. The third kappa shape index (κ3) is 3.10. The van der Waals surface area contributed by atoms with Gasteiger partial charge in [0.25, 0.3) is 0 Å². The number of hydrogen-bond donors (Lipinski definition) is 1. The molecule has 0 saturated carbocycles. The second kappa shape index (κ2) is 6.47. The first-order valence-electron chi connectivity index (χ1n) is 8.47. The number of aromatic amines is 1. The summed E-state index contributed by atoms with van der Waals surface area (Å²) >= 11 is 0. The normalized spacial score (nSPS) is 16.1. The van der Waals surface area contributed by atoms with Gasteiger partial charge in [-0.25, -0.2) is 0 Å². The lowest BCUT2D eigenvalue weighted by Gasteiger charge is -2.36. The van der Waals surface area contributed by atoms with Gasteiger partial charge in [0.15, 0.2) is 0 Å². The van der Waals surface area contributed by atoms with Crippen LogP contribution in [0, 0.1) is 0 Å². The molecule has 0 unspecified atom stereocenters. The molecule has 2 heterocycles. The number of fused-ring (bicyclic) bond motifs is 1. The van der Waals surface area contributed by atoms with E-state index in [2.05, 4.69) is 75.6 Å². The van der Waals surface area contributed by atoms with Crippen LogP contribution in [0.15, 0.2) is 60.8 Å². The number of nitrogens with zero attached hydrogens (tertiary/aromatic N) is 2. The highest BCUT2D eigenvalue weighted by Crippen LogP contribution is 2.19. The van der Waals surface area contributed by atoms with Gasteiger partial charge in [0.05, 0.1) is 0 Å². The maximum Gasteiger partial charge on any atom is 0.0456 e. The molecule has 1 aromatic heterocycles. The van der Waals surface area contributed by atoms with Crippen molar-refractivity contribution in [2.45, 2.75) is 6.42 Å². The maximum absolute atomic E-state index is 3.38. The van der Waals surface area contributed by atoms with Crippen LogP contribution in [-0.2, 0) is 6.42 Å². The average Bonchev–Trinajstić information content (AvgIpc) is 3.04. The lowest BCUT2D eigenvalue weighted by Crippen LogP contribution is -2.46. The standard InChI is InChI=1S/C20H23N3/c1-2-6-18(7-3-1)23-14-12-22(13-15-23)11-10-17-16-21-20-9-5-4-8-19(17)20/h1-9,16,21H,10-15H2. The third-order valence-electron chi connectivity index (χ3n) is 4.87. The molecular weight excluding hydrogens is 282 g/mol. The van der Waals surface area contributed by atoms with E-state index in [9.17, 15) is 0 Å². The summed E-state index contributed by atoms with van der Waals surface area (Å²) in [6.07, 6.45) is 3.29. The summed E-state index contributed by atoms with van der Waals surface area (Å²) < 4.78 is 0. The Bertz CT molecular complexity index is 755. The molecule has 1 N–H and O–H groups in total. The van der Waals surface area contributed by atoms with Crippen molar-refractivity contribution in [3.8, 4) is 0 Å². The van der Waals surface area contributed by atoms with E-state index in [1.165, 1.54) is 22.2 Å². The monoisotopic (exact) mass is 305 g/mol. The van der Waals surface area contributed by atoms with Crippen molar-refractivity contribution in [1.29, 1.82) is 0 Å². The second-order valence-corrected chi connectivity index (χ2v) is 6.27. The quantitative estimate of drug-likeness (QED) is 0.796. The SMILES string of the molecule is c1ccc(N2CCN(CCc3c[nH]c4ccccc34)CC2)cc1. The number of aromatic nitrogens is 1. The Morgan fingerprint density at radius 2 is 1.57 bits per heavy atom. The van der Waals surface area contributed by atoms with Gasteiger partial charge in [-0.2, -0.15) is 0 Å². The van der Waals surface area contributed by atoms with Crippen LogP contribution >= 0.6 is 0 Å². The largest absolute Gasteiger partial charge is 0.369 e. The van der Waals surface area contributed by atoms with Crippen LogP contribution in [0.25, 0.3) is 10.9 Å². The first kappa shape index (κ1) is 14.3. The summed E-state index contributed by atoms with van der Waals surface area (Å²) in [6.45, 7) is 5.69. The van der Waals surface area contributed by atoms with Gasteiger partial charge in [-0.3, -0.25) is 4.90 Å². The summed E-state index contributed by atoms with van der Waals surface area (Å²) in [5.74, 6) is 0. The molecule has 1 aliphatic heterocycles. The third-order valence-corrected chi connectivity index (χ3v) is 4.87. The lowest BCUT2D eigenvalue weighted by molar-refractivity contribution is 0.261. The fraction of sp³-hybridized carbons (Fsp3) is 0.300. The van der Waals surface area contributed by atoms with Crippen LogP contribution in [0.4, 0.5) is 5.69 Å². The van der Waals surface area contributed by atoms with E-state index in [1.807, 2.05) is 0 Å². The van der Waals surface area contributed by atoms with Gasteiger partial charge in [0, 0.05) is 55.5 Å². The van der Waals surface area contributed by atoms with E-state index in [1.54, 1.807) is 0 Å². The fourth-order valence-corrected chi connectivity index (χ4v) is 3.49. The summed E-state index contributed by atoms with van der Waals surface area (Å²) in [4.78, 5) is 8.45. The van der Waals surface area contributed by atoms with Crippen molar-refractivity contribution in [2.75, 3.05) is 37.6 Å². The highest BCUT2D eigenvalue weighted by atomic mass is 15.3. The minimum absolute atomic E-state index is 1.12.